The highest BCUT2D eigenvalue weighted by Crippen LogP contribution is 2.36. The molecule has 0 bridgehead atoms. The molecule has 140 valence electrons. The smallest absolute Gasteiger partial charge is 0.339 e. The molecule has 26 heavy (non-hydrogen) atoms. The van der Waals surface area contributed by atoms with E-state index < -0.39 is 18.0 Å². The molecule has 0 spiro atoms. The first kappa shape index (κ1) is 19.7. The van der Waals surface area contributed by atoms with Gasteiger partial charge in [0.05, 0.1) is 37.1 Å². The summed E-state index contributed by atoms with van der Waals surface area (Å²) in [5, 5.41) is 2.84. The van der Waals surface area contributed by atoms with Crippen molar-refractivity contribution in [2.24, 2.45) is 0 Å². The van der Waals surface area contributed by atoms with Crippen molar-refractivity contribution < 1.29 is 28.2 Å². The van der Waals surface area contributed by atoms with Gasteiger partial charge in [-0.3, -0.25) is 4.79 Å². The summed E-state index contributed by atoms with van der Waals surface area (Å²) >= 11 is 6.14. The molecule has 0 fully saturated rings. The van der Waals surface area contributed by atoms with Gasteiger partial charge in [0.1, 0.15) is 5.76 Å². The van der Waals surface area contributed by atoms with Gasteiger partial charge in [-0.2, -0.15) is 0 Å². The number of hydrogen-bond acceptors (Lipinski definition) is 6. The lowest BCUT2D eigenvalue weighted by atomic mass is 10.2. The van der Waals surface area contributed by atoms with Crippen LogP contribution in [0.25, 0.3) is 0 Å². The van der Waals surface area contributed by atoms with Crippen LogP contribution in [-0.4, -0.2) is 31.7 Å². The van der Waals surface area contributed by atoms with Crippen molar-refractivity contribution in [3.8, 4) is 11.5 Å². The third kappa shape index (κ3) is 4.92. The second kappa shape index (κ2) is 9.15. The number of methoxy groups -OCH3 is 1. The maximum absolute atomic E-state index is 12.3. The summed E-state index contributed by atoms with van der Waals surface area (Å²) in [7, 11) is 1.44. The Kier molecular flexibility index (Phi) is 6.91. The Balaban J connectivity index is 2.01. The van der Waals surface area contributed by atoms with E-state index in [1.165, 1.54) is 32.4 Å². The third-order valence-corrected chi connectivity index (χ3v) is 3.70. The molecule has 1 aromatic carbocycles. The number of halogens is 1. The Labute approximate surface area is 156 Å². The van der Waals surface area contributed by atoms with E-state index in [0.29, 0.717) is 23.9 Å². The molecule has 2 rings (SSSR count). The van der Waals surface area contributed by atoms with Gasteiger partial charge in [-0.25, -0.2) is 4.79 Å². The minimum atomic E-state index is -0.992. The SMILES string of the molecule is CCOc1c(Cl)cc(C(=O)O[C@@H](C)C(=O)NCc2ccco2)cc1OC. The first-order chi connectivity index (χ1) is 12.5. The van der Waals surface area contributed by atoms with E-state index in [1.807, 2.05) is 0 Å². The zero-order valence-electron chi connectivity index (χ0n) is 14.7. The van der Waals surface area contributed by atoms with E-state index in [2.05, 4.69) is 5.32 Å². The van der Waals surface area contributed by atoms with Crippen molar-refractivity contribution in [1.29, 1.82) is 0 Å². The highest BCUT2D eigenvalue weighted by atomic mass is 35.5. The van der Waals surface area contributed by atoms with Crippen molar-refractivity contribution in [3.05, 3.63) is 46.9 Å². The number of amides is 1. The van der Waals surface area contributed by atoms with Crippen LogP contribution in [0.5, 0.6) is 11.5 Å². The molecule has 0 aliphatic heterocycles. The fraction of sp³-hybridized carbons (Fsp3) is 0.333. The van der Waals surface area contributed by atoms with Crippen LogP contribution in [0.2, 0.25) is 5.02 Å². The molecule has 1 atom stereocenters. The molecule has 8 heteroatoms. The quantitative estimate of drug-likeness (QED) is 0.706. The molecule has 0 aliphatic carbocycles. The van der Waals surface area contributed by atoms with Crippen molar-refractivity contribution in [3.63, 3.8) is 0 Å². The van der Waals surface area contributed by atoms with Crippen molar-refractivity contribution in [1.82, 2.24) is 5.32 Å². The molecular formula is C18H20ClNO6. The lowest BCUT2D eigenvalue weighted by molar-refractivity contribution is -0.129. The van der Waals surface area contributed by atoms with E-state index in [-0.39, 0.29) is 17.1 Å². The number of hydrogen-bond donors (Lipinski definition) is 1. The summed E-state index contributed by atoms with van der Waals surface area (Å²) in [6, 6.07) is 6.30. The minimum absolute atomic E-state index is 0.154. The topological polar surface area (TPSA) is 87.0 Å². The maximum Gasteiger partial charge on any atom is 0.339 e. The highest BCUT2D eigenvalue weighted by molar-refractivity contribution is 6.32. The predicted octanol–water partition coefficient (Wildman–Crippen LogP) is 3.20. The monoisotopic (exact) mass is 381 g/mol. The van der Waals surface area contributed by atoms with Crippen molar-refractivity contribution in [2.75, 3.05) is 13.7 Å². The summed E-state index contributed by atoms with van der Waals surface area (Å²) in [5.74, 6) is 0.103. The fourth-order valence-corrected chi connectivity index (χ4v) is 2.40. The Morgan fingerprint density at radius 1 is 1.35 bits per heavy atom. The van der Waals surface area contributed by atoms with Crippen LogP contribution in [0.1, 0.15) is 30.0 Å². The molecule has 0 radical (unpaired) electrons. The predicted molar refractivity (Wildman–Crippen MR) is 94.6 cm³/mol. The van der Waals surface area contributed by atoms with Gasteiger partial charge < -0.3 is 23.9 Å². The minimum Gasteiger partial charge on any atom is -0.493 e. The van der Waals surface area contributed by atoms with Crippen LogP contribution in [0.15, 0.2) is 34.9 Å². The van der Waals surface area contributed by atoms with Gasteiger partial charge >= 0.3 is 5.97 Å². The van der Waals surface area contributed by atoms with Gasteiger partial charge in [-0.15, -0.1) is 0 Å². The summed E-state index contributed by atoms with van der Waals surface area (Å²) in [6.45, 7) is 3.88. The Hall–Kier alpha value is -2.67. The van der Waals surface area contributed by atoms with Crippen LogP contribution in [0, 0.1) is 0 Å². The van der Waals surface area contributed by atoms with Crippen LogP contribution in [0.4, 0.5) is 0 Å². The van der Waals surface area contributed by atoms with Crippen molar-refractivity contribution in [2.45, 2.75) is 26.5 Å². The van der Waals surface area contributed by atoms with Gasteiger partial charge in [-0.1, -0.05) is 11.6 Å². The van der Waals surface area contributed by atoms with Crippen LogP contribution in [0.3, 0.4) is 0 Å². The summed E-state index contributed by atoms with van der Waals surface area (Å²) in [4.78, 5) is 24.3. The highest BCUT2D eigenvalue weighted by Gasteiger charge is 2.21. The number of furan rings is 1. The van der Waals surface area contributed by atoms with Gasteiger partial charge in [0.2, 0.25) is 0 Å². The molecule has 7 nitrogen and oxygen atoms in total. The van der Waals surface area contributed by atoms with E-state index in [0.717, 1.165) is 0 Å². The lowest BCUT2D eigenvalue weighted by Gasteiger charge is -2.15. The first-order valence-corrected chi connectivity index (χ1v) is 8.35. The Morgan fingerprint density at radius 2 is 2.12 bits per heavy atom. The zero-order valence-corrected chi connectivity index (χ0v) is 15.5. The average molecular weight is 382 g/mol. The molecule has 0 aliphatic rings. The fourth-order valence-electron chi connectivity index (χ4n) is 2.14. The van der Waals surface area contributed by atoms with Gasteiger partial charge in [0.15, 0.2) is 17.6 Å². The zero-order chi connectivity index (χ0) is 19.1. The average Bonchev–Trinajstić information content (AvgIpc) is 3.14. The number of nitrogens with one attached hydrogen (secondary N) is 1. The molecular weight excluding hydrogens is 362 g/mol. The Morgan fingerprint density at radius 3 is 2.73 bits per heavy atom. The van der Waals surface area contributed by atoms with Crippen LogP contribution in [-0.2, 0) is 16.1 Å². The number of carbonyl (C=O) groups excluding carboxylic acids is 2. The number of rotatable bonds is 8. The van der Waals surface area contributed by atoms with E-state index in [9.17, 15) is 9.59 Å². The van der Waals surface area contributed by atoms with Crippen LogP contribution < -0.4 is 14.8 Å². The molecule has 1 heterocycles. The summed E-state index contributed by atoms with van der Waals surface area (Å²) in [6.07, 6.45) is 0.516. The summed E-state index contributed by atoms with van der Waals surface area (Å²) < 4.78 is 20.9. The molecule has 0 unspecified atom stereocenters. The van der Waals surface area contributed by atoms with E-state index in [1.54, 1.807) is 19.1 Å². The molecule has 0 saturated carbocycles. The van der Waals surface area contributed by atoms with Crippen LogP contribution >= 0.6 is 11.6 Å². The lowest BCUT2D eigenvalue weighted by Crippen LogP contribution is -2.35. The van der Waals surface area contributed by atoms with Gasteiger partial charge in [0, 0.05) is 0 Å². The molecule has 2 aromatic rings. The molecule has 1 amide bonds. The molecule has 1 N–H and O–H groups in total. The molecule has 1 aromatic heterocycles. The Bertz CT molecular complexity index is 759. The largest absolute Gasteiger partial charge is 0.493 e. The van der Waals surface area contributed by atoms with Gasteiger partial charge in [0.25, 0.3) is 5.91 Å². The van der Waals surface area contributed by atoms with E-state index >= 15 is 0 Å². The number of benzene rings is 1. The molecule has 0 saturated heterocycles. The number of carbonyl (C=O) groups is 2. The standard InChI is InChI=1S/C18H20ClNO6/c1-4-24-16-14(19)8-12(9-15(16)23-3)18(22)26-11(2)17(21)20-10-13-6-5-7-25-13/h5-9,11H,4,10H2,1-3H3,(H,20,21)/t11-/m0/s1. The van der Waals surface area contributed by atoms with Gasteiger partial charge in [-0.05, 0) is 38.1 Å². The number of ether oxygens (including phenoxy) is 3. The van der Waals surface area contributed by atoms with E-state index in [4.69, 9.17) is 30.2 Å². The second-order valence-electron chi connectivity index (χ2n) is 5.27. The number of esters is 1. The first-order valence-electron chi connectivity index (χ1n) is 7.97. The summed E-state index contributed by atoms with van der Waals surface area (Å²) in [5.41, 5.74) is 0.154. The normalized spacial score (nSPS) is 11.5. The third-order valence-electron chi connectivity index (χ3n) is 3.42. The van der Waals surface area contributed by atoms with Crippen molar-refractivity contribution >= 4 is 23.5 Å². The second-order valence-corrected chi connectivity index (χ2v) is 5.67. The maximum atomic E-state index is 12.3.